The van der Waals surface area contributed by atoms with E-state index < -0.39 is 6.29 Å². The van der Waals surface area contributed by atoms with Gasteiger partial charge in [0, 0.05) is 14.2 Å². The standard InChI is InChI=1S/C14H20N2O5/c1-19-11-7-5-4-6-10(11)14(18)16-8-12(17)15-9-13(20-2)21-3/h4-7,13H,8-9H2,1-3H3,(H,15,17)(H,16,18). The van der Waals surface area contributed by atoms with E-state index in [9.17, 15) is 9.59 Å². The van der Waals surface area contributed by atoms with E-state index in [0.29, 0.717) is 11.3 Å². The third-order valence-electron chi connectivity index (χ3n) is 2.75. The smallest absolute Gasteiger partial charge is 0.255 e. The van der Waals surface area contributed by atoms with E-state index >= 15 is 0 Å². The molecule has 21 heavy (non-hydrogen) atoms. The van der Waals surface area contributed by atoms with Gasteiger partial charge in [0.2, 0.25) is 5.91 Å². The van der Waals surface area contributed by atoms with E-state index in [-0.39, 0.29) is 24.9 Å². The summed E-state index contributed by atoms with van der Waals surface area (Å²) in [5.41, 5.74) is 0.374. The molecule has 0 aliphatic carbocycles. The van der Waals surface area contributed by atoms with Gasteiger partial charge >= 0.3 is 0 Å². The minimum Gasteiger partial charge on any atom is -0.496 e. The number of hydrogen-bond acceptors (Lipinski definition) is 5. The van der Waals surface area contributed by atoms with E-state index in [4.69, 9.17) is 14.2 Å². The Hall–Kier alpha value is -2.12. The van der Waals surface area contributed by atoms with Gasteiger partial charge in [0.15, 0.2) is 6.29 Å². The van der Waals surface area contributed by atoms with Gasteiger partial charge in [-0.15, -0.1) is 0 Å². The molecule has 1 aromatic rings. The summed E-state index contributed by atoms with van der Waals surface area (Å²) in [5, 5.41) is 5.11. The second-order valence-electron chi connectivity index (χ2n) is 4.09. The van der Waals surface area contributed by atoms with Crippen molar-refractivity contribution in [3.05, 3.63) is 29.8 Å². The average molecular weight is 296 g/mol. The molecule has 0 radical (unpaired) electrons. The summed E-state index contributed by atoms with van der Waals surface area (Å²) in [6.45, 7) is 0.0629. The molecule has 7 heteroatoms. The first kappa shape index (κ1) is 16.9. The third kappa shape index (κ3) is 5.41. The zero-order valence-electron chi connectivity index (χ0n) is 12.3. The molecule has 0 saturated carbocycles. The highest BCUT2D eigenvalue weighted by Crippen LogP contribution is 2.16. The molecule has 2 N–H and O–H groups in total. The summed E-state index contributed by atoms with van der Waals surface area (Å²) < 4.78 is 15.0. The maximum absolute atomic E-state index is 12.0. The fraction of sp³-hybridized carbons (Fsp3) is 0.429. The van der Waals surface area contributed by atoms with Crippen LogP contribution >= 0.6 is 0 Å². The molecule has 0 spiro atoms. The number of ether oxygens (including phenoxy) is 3. The highest BCUT2D eigenvalue weighted by molar-refractivity contribution is 5.98. The van der Waals surface area contributed by atoms with Gasteiger partial charge < -0.3 is 24.8 Å². The van der Waals surface area contributed by atoms with Crippen molar-refractivity contribution in [3.8, 4) is 5.75 Å². The largest absolute Gasteiger partial charge is 0.496 e. The van der Waals surface area contributed by atoms with Crippen LogP contribution < -0.4 is 15.4 Å². The van der Waals surface area contributed by atoms with Crippen LogP contribution in [0.25, 0.3) is 0 Å². The Kier molecular flexibility index (Phi) is 7.20. The van der Waals surface area contributed by atoms with Crippen LogP contribution in [0.15, 0.2) is 24.3 Å². The van der Waals surface area contributed by atoms with E-state index in [2.05, 4.69) is 10.6 Å². The molecule has 1 rings (SSSR count). The van der Waals surface area contributed by atoms with Gasteiger partial charge in [-0.05, 0) is 12.1 Å². The monoisotopic (exact) mass is 296 g/mol. The van der Waals surface area contributed by atoms with E-state index in [1.807, 2.05) is 0 Å². The van der Waals surface area contributed by atoms with Crippen molar-refractivity contribution in [3.63, 3.8) is 0 Å². The van der Waals surface area contributed by atoms with Gasteiger partial charge in [-0.3, -0.25) is 9.59 Å². The zero-order chi connectivity index (χ0) is 15.7. The Morgan fingerprint density at radius 2 is 1.76 bits per heavy atom. The molecule has 0 heterocycles. The second-order valence-corrected chi connectivity index (χ2v) is 4.09. The Bertz CT molecular complexity index is 474. The summed E-state index contributed by atoms with van der Waals surface area (Å²) in [4.78, 5) is 23.6. The van der Waals surface area contributed by atoms with Crippen molar-refractivity contribution in [2.24, 2.45) is 0 Å². The number of carbonyl (C=O) groups is 2. The van der Waals surface area contributed by atoms with E-state index in [1.165, 1.54) is 21.3 Å². The first-order chi connectivity index (χ1) is 10.1. The van der Waals surface area contributed by atoms with Crippen molar-refractivity contribution >= 4 is 11.8 Å². The van der Waals surface area contributed by atoms with Crippen molar-refractivity contribution in [1.29, 1.82) is 0 Å². The van der Waals surface area contributed by atoms with E-state index in [1.54, 1.807) is 24.3 Å². The first-order valence-electron chi connectivity index (χ1n) is 6.35. The van der Waals surface area contributed by atoms with Gasteiger partial charge in [0.1, 0.15) is 5.75 Å². The molecule has 0 saturated heterocycles. The first-order valence-corrected chi connectivity index (χ1v) is 6.35. The SMILES string of the molecule is COc1ccccc1C(=O)NCC(=O)NCC(OC)OC. The summed E-state index contributed by atoms with van der Waals surface area (Å²) >= 11 is 0. The summed E-state index contributed by atoms with van der Waals surface area (Å²) in [7, 11) is 4.43. The molecule has 0 unspecified atom stereocenters. The fourth-order valence-corrected chi connectivity index (χ4v) is 1.61. The van der Waals surface area contributed by atoms with Crippen LogP contribution in [0, 0.1) is 0 Å². The molecule has 2 amide bonds. The number of para-hydroxylation sites is 1. The Morgan fingerprint density at radius 3 is 2.38 bits per heavy atom. The van der Waals surface area contributed by atoms with Crippen molar-refractivity contribution in [2.45, 2.75) is 6.29 Å². The van der Waals surface area contributed by atoms with Crippen LogP contribution in [0.1, 0.15) is 10.4 Å². The molecular formula is C14H20N2O5. The maximum atomic E-state index is 12.0. The van der Waals surface area contributed by atoms with Crippen LogP contribution in [0.3, 0.4) is 0 Å². The quantitative estimate of drug-likeness (QED) is 0.667. The second kappa shape index (κ2) is 8.93. The molecule has 0 aromatic heterocycles. The molecule has 116 valence electrons. The predicted octanol–water partition coefficient (Wildman–Crippen LogP) is 0.160. The number of hydrogen-bond donors (Lipinski definition) is 2. The minimum absolute atomic E-state index is 0.142. The van der Waals surface area contributed by atoms with Gasteiger partial charge in [0.25, 0.3) is 5.91 Å². The lowest BCUT2D eigenvalue weighted by molar-refractivity contribution is -0.126. The van der Waals surface area contributed by atoms with Gasteiger partial charge in [-0.1, -0.05) is 12.1 Å². The highest BCUT2D eigenvalue weighted by atomic mass is 16.7. The minimum atomic E-state index is -0.515. The van der Waals surface area contributed by atoms with Crippen LogP contribution in [0.4, 0.5) is 0 Å². The van der Waals surface area contributed by atoms with Gasteiger partial charge in [-0.2, -0.15) is 0 Å². The predicted molar refractivity (Wildman–Crippen MR) is 76.1 cm³/mol. The topological polar surface area (TPSA) is 85.9 Å². The van der Waals surface area contributed by atoms with E-state index in [0.717, 1.165) is 0 Å². The third-order valence-corrected chi connectivity index (χ3v) is 2.75. The number of methoxy groups -OCH3 is 3. The van der Waals surface area contributed by atoms with Crippen LogP contribution in [0.5, 0.6) is 5.75 Å². The molecular weight excluding hydrogens is 276 g/mol. The van der Waals surface area contributed by atoms with Crippen molar-refractivity contribution in [2.75, 3.05) is 34.4 Å². The molecule has 0 aliphatic rings. The lowest BCUT2D eigenvalue weighted by Gasteiger charge is -2.14. The van der Waals surface area contributed by atoms with Crippen LogP contribution in [0.2, 0.25) is 0 Å². The van der Waals surface area contributed by atoms with Crippen LogP contribution in [-0.4, -0.2) is 52.5 Å². The fourth-order valence-electron chi connectivity index (χ4n) is 1.61. The summed E-state index contributed by atoms with van der Waals surface area (Å²) in [6.07, 6.45) is -0.515. The number of nitrogens with one attached hydrogen (secondary N) is 2. The van der Waals surface area contributed by atoms with Gasteiger partial charge in [0.05, 0.1) is 25.8 Å². The Labute approximate surface area is 123 Å². The Balaban J connectivity index is 2.44. The van der Waals surface area contributed by atoms with Gasteiger partial charge in [-0.25, -0.2) is 0 Å². The molecule has 0 bridgehead atoms. The Morgan fingerprint density at radius 1 is 1.10 bits per heavy atom. The summed E-state index contributed by atoms with van der Waals surface area (Å²) in [6, 6.07) is 6.78. The molecule has 0 fully saturated rings. The number of amides is 2. The molecule has 7 nitrogen and oxygen atoms in total. The lowest BCUT2D eigenvalue weighted by atomic mass is 10.2. The maximum Gasteiger partial charge on any atom is 0.255 e. The molecule has 0 aliphatic heterocycles. The summed E-state index contributed by atoms with van der Waals surface area (Å²) in [5.74, 6) is -0.260. The highest BCUT2D eigenvalue weighted by Gasteiger charge is 2.13. The molecule has 0 atom stereocenters. The normalized spacial score (nSPS) is 10.3. The lowest BCUT2D eigenvalue weighted by Crippen LogP contribution is -2.40. The average Bonchev–Trinajstić information content (AvgIpc) is 2.53. The number of benzene rings is 1. The van der Waals surface area contributed by atoms with Crippen molar-refractivity contribution < 1.29 is 23.8 Å². The molecule has 1 aromatic carbocycles. The zero-order valence-corrected chi connectivity index (χ0v) is 12.3. The van der Waals surface area contributed by atoms with Crippen LogP contribution in [-0.2, 0) is 14.3 Å². The number of carbonyl (C=O) groups excluding carboxylic acids is 2. The van der Waals surface area contributed by atoms with Crippen molar-refractivity contribution in [1.82, 2.24) is 10.6 Å². The number of rotatable bonds is 8.